The van der Waals surface area contributed by atoms with Gasteiger partial charge in [-0.15, -0.1) is 0 Å². The highest BCUT2D eigenvalue weighted by atomic mass is 16.4. The van der Waals surface area contributed by atoms with E-state index in [4.69, 9.17) is 0 Å². The van der Waals surface area contributed by atoms with E-state index in [9.17, 15) is 14.7 Å². The first kappa shape index (κ1) is 17.7. The molecule has 0 saturated carbocycles. The minimum atomic E-state index is -1.01. The van der Waals surface area contributed by atoms with Crippen molar-refractivity contribution in [2.75, 3.05) is 23.3 Å². The Morgan fingerprint density at radius 1 is 1.21 bits per heavy atom. The summed E-state index contributed by atoms with van der Waals surface area (Å²) in [5.74, 6) is -0.631. The Morgan fingerprint density at radius 3 is 2.42 bits per heavy atom. The first-order valence-corrected chi connectivity index (χ1v) is 8.11. The summed E-state index contributed by atoms with van der Waals surface area (Å²) < 4.78 is 0. The van der Waals surface area contributed by atoms with Crippen LogP contribution in [0.3, 0.4) is 0 Å². The van der Waals surface area contributed by atoms with Gasteiger partial charge in [-0.1, -0.05) is 13.8 Å². The number of pyridine rings is 1. The van der Waals surface area contributed by atoms with Gasteiger partial charge in [0.1, 0.15) is 5.82 Å². The van der Waals surface area contributed by atoms with Gasteiger partial charge in [-0.05, 0) is 38.1 Å². The van der Waals surface area contributed by atoms with Crippen molar-refractivity contribution in [1.29, 1.82) is 0 Å². The molecule has 128 valence electrons. The van der Waals surface area contributed by atoms with Crippen molar-refractivity contribution in [3.63, 3.8) is 0 Å². The lowest BCUT2D eigenvalue weighted by atomic mass is 10.1. The Bertz CT molecular complexity index is 767. The zero-order chi connectivity index (χ0) is 17.9. The van der Waals surface area contributed by atoms with Crippen LogP contribution >= 0.6 is 0 Å². The van der Waals surface area contributed by atoms with Crippen molar-refractivity contribution in [3.05, 3.63) is 29.8 Å². The number of nitrogens with zero attached hydrogens (tertiary/aromatic N) is 2. The molecule has 1 amide bonds. The number of aromatic carboxylic acids is 1. The molecule has 0 radical (unpaired) electrons. The molecule has 2 N–H and O–H groups in total. The van der Waals surface area contributed by atoms with E-state index in [1.165, 1.54) is 0 Å². The van der Waals surface area contributed by atoms with Crippen LogP contribution in [0, 0.1) is 5.92 Å². The molecule has 1 heterocycles. The minimum Gasteiger partial charge on any atom is -0.478 e. The highest BCUT2D eigenvalue weighted by Crippen LogP contribution is 2.26. The van der Waals surface area contributed by atoms with Crippen LogP contribution in [-0.2, 0) is 4.79 Å². The highest BCUT2D eigenvalue weighted by molar-refractivity contribution is 6.05. The Kier molecular flexibility index (Phi) is 5.39. The zero-order valence-corrected chi connectivity index (χ0v) is 14.5. The highest BCUT2D eigenvalue weighted by Gasteiger charge is 2.16. The number of fused-ring (bicyclic) bond motifs is 1. The lowest BCUT2D eigenvalue weighted by Crippen LogP contribution is -2.23. The number of rotatable bonds is 6. The Labute approximate surface area is 141 Å². The predicted molar refractivity (Wildman–Crippen MR) is 95.7 cm³/mol. The summed E-state index contributed by atoms with van der Waals surface area (Å²) in [5.41, 5.74) is 1.35. The zero-order valence-electron chi connectivity index (χ0n) is 14.5. The standard InChI is InChI=1S/C18H23N3O3/c1-5-21(6-2)16-10-14(18(23)24)13-9-12(7-8-15(13)20-16)19-17(22)11(3)4/h7-11H,5-6H2,1-4H3,(H,19,22)(H,23,24). The van der Waals surface area contributed by atoms with Gasteiger partial charge in [0.25, 0.3) is 0 Å². The van der Waals surface area contributed by atoms with E-state index in [0.29, 0.717) is 22.4 Å². The number of carbonyl (C=O) groups is 2. The molecule has 6 nitrogen and oxygen atoms in total. The molecule has 2 rings (SSSR count). The molecule has 0 unspecified atom stereocenters. The number of carboxylic acid groups (broad SMARTS) is 1. The van der Waals surface area contributed by atoms with Crippen LogP contribution in [0.25, 0.3) is 10.9 Å². The van der Waals surface area contributed by atoms with E-state index >= 15 is 0 Å². The van der Waals surface area contributed by atoms with Crippen LogP contribution in [-0.4, -0.2) is 35.1 Å². The van der Waals surface area contributed by atoms with E-state index in [2.05, 4.69) is 10.3 Å². The summed E-state index contributed by atoms with van der Waals surface area (Å²) in [5, 5.41) is 12.9. The number of carboxylic acids is 1. The lowest BCUT2D eigenvalue weighted by Gasteiger charge is -2.21. The topological polar surface area (TPSA) is 82.5 Å². The fourth-order valence-electron chi connectivity index (χ4n) is 2.46. The number of hydrogen-bond acceptors (Lipinski definition) is 4. The van der Waals surface area contributed by atoms with Crippen LogP contribution in [0.2, 0.25) is 0 Å². The summed E-state index contributed by atoms with van der Waals surface area (Å²) in [4.78, 5) is 30.1. The fraction of sp³-hybridized carbons (Fsp3) is 0.389. The number of nitrogens with one attached hydrogen (secondary N) is 1. The van der Waals surface area contributed by atoms with Crippen molar-refractivity contribution in [1.82, 2.24) is 4.98 Å². The van der Waals surface area contributed by atoms with Crippen molar-refractivity contribution in [2.24, 2.45) is 5.92 Å². The maximum Gasteiger partial charge on any atom is 0.336 e. The van der Waals surface area contributed by atoms with Crippen molar-refractivity contribution >= 4 is 34.3 Å². The smallest absolute Gasteiger partial charge is 0.336 e. The first-order chi connectivity index (χ1) is 11.4. The molecule has 0 bridgehead atoms. The SMILES string of the molecule is CCN(CC)c1cc(C(=O)O)c2cc(NC(=O)C(C)C)ccc2n1. The van der Waals surface area contributed by atoms with Crippen LogP contribution in [0.5, 0.6) is 0 Å². The van der Waals surface area contributed by atoms with Crippen molar-refractivity contribution < 1.29 is 14.7 Å². The summed E-state index contributed by atoms with van der Waals surface area (Å²) in [6, 6.07) is 6.74. The van der Waals surface area contributed by atoms with Gasteiger partial charge >= 0.3 is 5.97 Å². The van der Waals surface area contributed by atoms with Gasteiger partial charge in [0, 0.05) is 30.1 Å². The van der Waals surface area contributed by atoms with Crippen LogP contribution in [0.4, 0.5) is 11.5 Å². The molecular weight excluding hydrogens is 306 g/mol. The van der Waals surface area contributed by atoms with Gasteiger partial charge in [-0.2, -0.15) is 0 Å². The van der Waals surface area contributed by atoms with Gasteiger partial charge in [-0.25, -0.2) is 9.78 Å². The normalized spacial score (nSPS) is 10.9. The summed E-state index contributed by atoms with van der Waals surface area (Å²) in [7, 11) is 0. The summed E-state index contributed by atoms with van der Waals surface area (Å²) in [6.07, 6.45) is 0. The van der Waals surface area contributed by atoms with E-state index in [1.807, 2.05) is 18.7 Å². The Morgan fingerprint density at radius 2 is 1.88 bits per heavy atom. The van der Waals surface area contributed by atoms with Crippen LogP contribution in [0.1, 0.15) is 38.1 Å². The average molecular weight is 329 g/mol. The van der Waals surface area contributed by atoms with Crippen molar-refractivity contribution in [2.45, 2.75) is 27.7 Å². The quantitative estimate of drug-likeness (QED) is 0.849. The molecule has 0 aliphatic carbocycles. The van der Waals surface area contributed by atoms with E-state index < -0.39 is 5.97 Å². The summed E-state index contributed by atoms with van der Waals surface area (Å²) >= 11 is 0. The number of anilines is 2. The Balaban J connectivity index is 2.55. The van der Waals surface area contributed by atoms with Gasteiger partial charge in [0.15, 0.2) is 0 Å². The molecule has 0 aliphatic heterocycles. The molecule has 1 aromatic heterocycles. The van der Waals surface area contributed by atoms with E-state index in [1.54, 1.807) is 38.1 Å². The number of amides is 1. The third-order valence-electron chi connectivity index (χ3n) is 3.90. The Hall–Kier alpha value is -2.63. The average Bonchev–Trinajstić information content (AvgIpc) is 2.55. The van der Waals surface area contributed by atoms with E-state index in [0.717, 1.165) is 13.1 Å². The third kappa shape index (κ3) is 3.64. The lowest BCUT2D eigenvalue weighted by molar-refractivity contribution is -0.118. The van der Waals surface area contributed by atoms with Gasteiger partial charge < -0.3 is 15.3 Å². The number of carbonyl (C=O) groups excluding carboxylic acids is 1. The van der Waals surface area contributed by atoms with Crippen LogP contribution < -0.4 is 10.2 Å². The predicted octanol–water partition coefficient (Wildman–Crippen LogP) is 3.37. The second-order valence-electron chi connectivity index (χ2n) is 5.88. The largest absolute Gasteiger partial charge is 0.478 e. The number of hydrogen-bond donors (Lipinski definition) is 2. The third-order valence-corrected chi connectivity index (χ3v) is 3.90. The molecule has 1 aromatic carbocycles. The van der Waals surface area contributed by atoms with Gasteiger partial charge in [0.2, 0.25) is 5.91 Å². The van der Waals surface area contributed by atoms with Crippen LogP contribution in [0.15, 0.2) is 24.3 Å². The van der Waals surface area contributed by atoms with E-state index in [-0.39, 0.29) is 17.4 Å². The fourth-order valence-corrected chi connectivity index (χ4v) is 2.46. The molecule has 6 heteroatoms. The molecule has 2 aromatic rings. The maximum atomic E-state index is 11.8. The maximum absolute atomic E-state index is 11.8. The summed E-state index contributed by atoms with van der Waals surface area (Å²) in [6.45, 7) is 9.10. The van der Waals surface area contributed by atoms with Gasteiger partial charge in [0.05, 0.1) is 11.1 Å². The minimum absolute atomic E-state index is 0.112. The van der Waals surface area contributed by atoms with Crippen molar-refractivity contribution in [3.8, 4) is 0 Å². The molecular formula is C18H23N3O3. The molecule has 0 spiro atoms. The first-order valence-electron chi connectivity index (χ1n) is 8.11. The molecule has 24 heavy (non-hydrogen) atoms. The molecule has 0 fully saturated rings. The second-order valence-corrected chi connectivity index (χ2v) is 5.88. The molecule has 0 atom stereocenters. The monoisotopic (exact) mass is 329 g/mol. The van der Waals surface area contributed by atoms with Gasteiger partial charge in [-0.3, -0.25) is 4.79 Å². The molecule has 0 saturated heterocycles. The second kappa shape index (κ2) is 7.29. The molecule has 0 aliphatic rings. The number of aromatic nitrogens is 1. The number of benzene rings is 1.